The van der Waals surface area contributed by atoms with Crippen molar-refractivity contribution in [1.29, 1.82) is 0 Å². The first-order valence-electron chi connectivity index (χ1n) is 8.61. The van der Waals surface area contributed by atoms with Crippen molar-refractivity contribution < 1.29 is 32.2 Å². The van der Waals surface area contributed by atoms with Crippen molar-refractivity contribution in [2.45, 2.75) is 32.9 Å². The minimum atomic E-state index is -4.49. The first kappa shape index (κ1) is 21.5. The van der Waals surface area contributed by atoms with Crippen LogP contribution in [0.5, 0.6) is 0 Å². The van der Waals surface area contributed by atoms with Gasteiger partial charge in [-0.1, -0.05) is 12.1 Å². The van der Waals surface area contributed by atoms with E-state index in [0.717, 1.165) is 12.1 Å². The third-order valence-corrected chi connectivity index (χ3v) is 4.86. The molecular formula is C20H22F3NO4. The Bertz CT molecular complexity index is 798. The summed E-state index contributed by atoms with van der Waals surface area (Å²) < 4.78 is 48.6. The highest BCUT2D eigenvalue weighted by Crippen LogP contribution is 2.43. The van der Waals surface area contributed by atoms with E-state index in [1.807, 2.05) is 6.92 Å². The van der Waals surface area contributed by atoms with Crippen molar-refractivity contribution in [2.24, 2.45) is 0 Å². The van der Waals surface area contributed by atoms with E-state index in [2.05, 4.69) is 0 Å². The molecular weight excluding hydrogens is 375 g/mol. The number of nitrogens with zero attached hydrogens (tertiary/aromatic N) is 1. The van der Waals surface area contributed by atoms with Crippen LogP contribution in [0.25, 0.3) is 0 Å². The summed E-state index contributed by atoms with van der Waals surface area (Å²) in [5, 5.41) is 0. The number of rotatable bonds is 4. The molecule has 0 amide bonds. The van der Waals surface area contributed by atoms with Gasteiger partial charge in [0.1, 0.15) is 0 Å². The molecule has 0 radical (unpaired) electrons. The summed E-state index contributed by atoms with van der Waals surface area (Å²) in [6.45, 7) is 5.77. The van der Waals surface area contributed by atoms with Crippen LogP contribution in [0.1, 0.15) is 37.8 Å². The maximum Gasteiger partial charge on any atom is 0.416 e. The zero-order valence-electron chi connectivity index (χ0n) is 16.3. The van der Waals surface area contributed by atoms with E-state index < -0.39 is 29.6 Å². The topological polar surface area (TPSA) is 55.8 Å². The fourth-order valence-electron chi connectivity index (χ4n) is 3.53. The minimum absolute atomic E-state index is 0.190. The van der Waals surface area contributed by atoms with Gasteiger partial charge in [-0.2, -0.15) is 13.2 Å². The van der Waals surface area contributed by atoms with Crippen molar-refractivity contribution in [1.82, 2.24) is 4.90 Å². The van der Waals surface area contributed by atoms with Crippen LogP contribution in [0.3, 0.4) is 0 Å². The van der Waals surface area contributed by atoms with Crippen LogP contribution in [0.4, 0.5) is 13.2 Å². The standard InChI is InChI=1S/C20H22F3NO4/c1-6-24-11(2)15(18(25)27-4)17(16(12(24)3)19(26)28-5)13-7-9-14(10-8-13)20(21,22)23/h7-10,17H,6H2,1-5H3. The molecule has 0 fully saturated rings. The minimum Gasteiger partial charge on any atom is -0.466 e. The molecule has 1 aliphatic heterocycles. The number of hydrogen-bond donors (Lipinski definition) is 0. The smallest absolute Gasteiger partial charge is 0.416 e. The van der Waals surface area contributed by atoms with Crippen LogP contribution in [-0.2, 0) is 25.2 Å². The SMILES string of the molecule is CCN1C(C)=C(C(=O)OC)C(c2ccc(C(F)(F)F)cc2)C(C(=O)OC)=C1C. The lowest BCUT2D eigenvalue weighted by Crippen LogP contribution is -2.35. The molecule has 0 saturated heterocycles. The monoisotopic (exact) mass is 397 g/mol. The van der Waals surface area contributed by atoms with Crippen molar-refractivity contribution in [3.05, 3.63) is 57.9 Å². The highest BCUT2D eigenvalue weighted by atomic mass is 19.4. The van der Waals surface area contributed by atoms with Gasteiger partial charge in [0.05, 0.1) is 36.8 Å². The molecule has 0 saturated carbocycles. The zero-order chi connectivity index (χ0) is 21.2. The summed E-state index contributed by atoms with van der Waals surface area (Å²) in [6.07, 6.45) is -4.49. The first-order chi connectivity index (χ1) is 13.1. The Labute approximate surface area is 161 Å². The summed E-state index contributed by atoms with van der Waals surface area (Å²) in [5.41, 5.74) is 1.07. The summed E-state index contributed by atoms with van der Waals surface area (Å²) >= 11 is 0. The van der Waals surface area contributed by atoms with E-state index in [1.165, 1.54) is 26.4 Å². The quantitative estimate of drug-likeness (QED) is 0.719. The van der Waals surface area contributed by atoms with Crippen LogP contribution >= 0.6 is 0 Å². The van der Waals surface area contributed by atoms with Crippen molar-refractivity contribution >= 4 is 11.9 Å². The summed E-state index contributed by atoms with van der Waals surface area (Å²) in [6, 6.07) is 4.38. The molecule has 1 heterocycles. The number of ether oxygens (including phenoxy) is 2. The Balaban J connectivity index is 2.74. The molecule has 0 unspecified atom stereocenters. The summed E-state index contributed by atoms with van der Waals surface area (Å²) in [4.78, 5) is 26.9. The molecule has 5 nitrogen and oxygen atoms in total. The highest BCUT2D eigenvalue weighted by molar-refractivity contribution is 5.99. The van der Waals surface area contributed by atoms with Gasteiger partial charge >= 0.3 is 18.1 Å². The number of allylic oxidation sites excluding steroid dienone is 2. The number of hydrogen-bond acceptors (Lipinski definition) is 5. The van der Waals surface area contributed by atoms with Gasteiger partial charge in [-0.15, -0.1) is 0 Å². The number of methoxy groups -OCH3 is 2. The predicted molar refractivity (Wildman–Crippen MR) is 96.0 cm³/mol. The number of halogens is 3. The van der Waals surface area contributed by atoms with E-state index in [0.29, 0.717) is 23.5 Å². The molecule has 1 aromatic rings. The third kappa shape index (κ3) is 3.76. The fourth-order valence-corrected chi connectivity index (χ4v) is 3.53. The van der Waals surface area contributed by atoms with Gasteiger partial charge in [-0.25, -0.2) is 9.59 Å². The van der Waals surface area contributed by atoms with Crippen LogP contribution in [0.2, 0.25) is 0 Å². The lowest BCUT2D eigenvalue weighted by Gasteiger charge is -2.37. The van der Waals surface area contributed by atoms with Gasteiger partial charge < -0.3 is 14.4 Å². The van der Waals surface area contributed by atoms with Gasteiger partial charge in [0.15, 0.2) is 0 Å². The second-order valence-corrected chi connectivity index (χ2v) is 6.28. The third-order valence-electron chi connectivity index (χ3n) is 4.86. The average molecular weight is 397 g/mol. The Morgan fingerprint density at radius 1 is 0.964 bits per heavy atom. The van der Waals surface area contributed by atoms with Gasteiger partial charge in [0.25, 0.3) is 0 Å². The van der Waals surface area contributed by atoms with Crippen molar-refractivity contribution in [3.63, 3.8) is 0 Å². The highest BCUT2D eigenvalue weighted by Gasteiger charge is 2.40. The van der Waals surface area contributed by atoms with Gasteiger partial charge in [0, 0.05) is 17.9 Å². The Hall–Kier alpha value is -2.77. The second-order valence-electron chi connectivity index (χ2n) is 6.28. The molecule has 28 heavy (non-hydrogen) atoms. The number of carbonyl (C=O) groups is 2. The number of benzene rings is 1. The molecule has 0 bridgehead atoms. The van der Waals surface area contributed by atoms with Crippen LogP contribution < -0.4 is 0 Å². The predicted octanol–water partition coefficient (Wildman–Crippen LogP) is 4.02. The first-order valence-corrected chi connectivity index (χ1v) is 8.61. The lowest BCUT2D eigenvalue weighted by molar-refractivity contribution is -0.138. The maximum atomic E-state index is 12.9. The molecule has 0 atom stereocenters. The molecule has 2 rings (SSSR count). The molecule has 0 N–H and O–H groups in total. The average Bonchev–Trinajstić information content (AvgIpc) is 2.66. The summed E-state index contributed by atoms with van der Waals surface area (Å²) in [5.74, 6) is -2.21. The van der Waals surface area contributed by atoms with Crippen molar-refractivity contribution in [2.75, 3.05) is 20.8 Å². The van der Waals surface area contributed by atoms with Gasteiger partial charge in [0.2, 0.25) is 0 Å². The van der Waals surface area contributed by atoms with E-state index in [9.17, 15) is 22.8 Å². The largest absolute Gasteiger partial charge is 0.466 e. The summed E-state index contributed by atoms with van der Waals surface area (Å²) in [7, 11) is 2.43. The Kier molecular flexibility index (Phi) is 6.21. The van der Waals surface area contributed by atoms with E-state index in [1.54, 1.807) is 18.7 Å². The molecule has 0 aromatic heterocycles. The molecule has 1 aromatic carbocycles. The van der Waals surface area contributed by atoms with Crippen molar-refractivity contribution in [3.8, 4) is 0 Å². The number of alkyl halides is 3. The van der Waals surface area contributed by atoms with Gasteiger partial charge in [-0.3, -0.25) is 0 Å². The number of esters is 2. The van der Waals surface area contributed by atoms with Gasteiger partial charge in [-0.05, 0) is 38.5 Å². The molecule has 152 valence electrons. The maximum absolute atomic E-state index is 12.9. The van der Waals surface area contributed by atoms with E-state index in [4.69, 9.17) is 9.47 Å². The molecule has 8 heteroatoms. The van der Waals surface area contributed by atoms with E-state index in [-0.39, 0.29) is 11.1 Å². The van der Waals surface area contributed by atoms with Crippen LogP contribution in [-0.4, -0.2) is 37.6 Å². The molecule has 0 spiro atoms. The zero-order valence-corrected chi connectivity index (χ0v) is 16.3. The Morgan fingerprint density at radius 3 is 1.71 bits per heavy atom. The number of carbonyl (C=O) groups excluding carboxylic acids is 2. The molecule has 1 aliphatic rings. The Morgan fingerprint density at radius 2 is 1.39 bits per heavy atom. The van der Waals surface area contributed by atoms with Crippen LogP contribution in [0.15, 0.2) is 46.8 Å². The normalized spacial score (nSPS) is 15.8. The van der Waals surface area contributed by atoms with Crippen LogP contribution in [0, 0.1) is 0 Å². The fraction of sp³-hybridized carbons (Fsp3) is 0.400. The molecule has 0 aliphatic carbocycles. The second kappa shape index (κ2) is 8.08. The van der Waals surface area contributed by atoms with E-state index >= 15 is 0 Å². The lowest BCUT2D eigenvalue weighted by atomic mass is 9.79.